The molecule has 1 unspecified atom stereocenters. The van der Waals surface area contributed by atoms with E-state index in [9.17, 15) is 0 Å². The summed E-state index contributed by atoms with van der Waals surface area (Å²) in [6, 6.07) is 7.67. The van der Waals surface area contributed by atoms with Crippen LogP contribution in [0.4, 0.5) is 11.4 Å². The molecule has 1 heterocycles. The largest absolute Gasteiger partial charge is 0.397 e. The van der Waals surface area contributed by atoms with Gasteiger partial charge in [0.25, 0.3) is 0 Å². The molecule has 0 saturated carbocycles. The molecule has 2 rings (SSSR count). The standard InChI is InChI=1S/C13H17N3/c1-10-3-2-6-16(9-10)13-5-4-11(8-14)7-12(13)15/h4-5,7,10H,2-3,6,9,15H2,1H3. The maximum absolute atomic E-state index is 8.79. The van der Waals surface area contributed by atoms with Crippen molar-refractivity contribution >= 4 is 11.4 Å². The van der Waals surface area contributed by atoms with Crippen LogP contribution in [0.2, 0.25) is 0 Å². The Balaban J connectivity index is 2.23. The molecular weight excluding hydrogens is 198 g/mol. The Kier molecular flexibility index (Phi) is 3.00. The van der Waals surface area contributed by atoms with E-state index in [2.05, 4.69) is 17.9 Å². The SMILES string of the molecule is CC1CCCN(c2ccc(C#N)cc2N)C1. The van der Waals surface area contributed by atoms with Crippen molar-refractivity contribution in [3.63, 3.8) is 0 Å². The summed E-state index contributed by atoms with van der Waals surface area (Å²) < 4.78 is 0. The molecule has 84 valence electrons. The monoisotopic (exact) mass is 215 g/mol. The summed E-state index contributed by atoms with van der Waals surface area (Å²) in [5.74, 6) is 0.726. The van der Waals surface area contributed by atoms with Gasteiger partial charge in [-0.15, -0.1) is 0 Å². The van der Waals surface area contributed by atoms with Crippen molar-refractivity contribution in [1.29, 1.82) is 5.26 Å². The number of nitrogen functional groups attached to an aromatic ring is 1. The molecular formula is C13H17N3. The molecule has 1 saturated heterocycles. The van der Waals surface area contributed by atoms with Crippen molar-refractivity contribution in [1.82, 2.24) is 0 Å². The Morgan fingerprint density at radius 3 is 2.94 bits per heavy atom. The smallest absolute Gasteiger partial charge is 0.0992 e. The van der Waals surface area contributed by atoms with Gasteiger partial charge >= 0.3 is 0 Å². The van der Waals surface area contributed by atoms with E-state index in [0.717, 1.165) is 24.7 Å². The Morgan fingerprint density at radius 2 is 2.31 bits per heavy atom. The molecule has 0 aromatic heterocycles. The number of hydrogen-bond acceptors (Lipinski definition) is 3. The Labute approximate surface area is 96.5 Å². The Hall–Kier alpha value is -1.69. The van der Waals surface area contributed by atoms with Crippen LogP contribution in [0.25, 0.3) is 0 Å². The normalized spacial score (nSPS) is 20.5. The highest BCUT2D eigenvalue weighted by Crippen LogP contribution is 2.28. The van der Waals surface area contributed by atoms with E-state index in [0.29, 0.717) is 11.3 Å². The maximum Gasteiger partial charge on any atom is 0.0992 e. The third kappa shape index (κ3) is 2.11. The molecule has 0 amide bonds. The number of nitrogens with two attached hydrogens (primary N) is 1. The first kappa shape index (κ1) is 10.8. The zero-order valence-corrected chi connectivity index (χ0v) is 9.61. The van der Waals surface area contributed by atoms with Gasteiger partial charge in [0.15, 0.2) is 0 Å². The predicted octanol–water partition coefficient (Wildman–Crippen LogP) is 2.38. The molecule has 1 aliphatic heterocycles. The van der Waals surface area contributed by atoms with Gasteiger partial charge in [-0.2, -0.15) is 5.26 Å². The van der Waals surface area contributed by atoms with Crippen molar-refractivity contribution in [3.05, 3.63) is 23.8 Å². The molecule has 2 N–H and O–H groups in total. The summed E-state index contributed by atoms with van der Waals surface area (Å²) in [5, 5.41) is 8.79. The molecule has 0 aliphatic carbocycles. The summed E-state index contributed by atoms with van der Waals surface area (Å²) in [4.78, 5) is 2.32. The number of rotatable bonds is 1. The molecule has 3 nitrogen and oxygen atoms in total. The second kappa shape index (κ2) is 4.44. The summed E-state index contributed by atoms with van der Waals surface area (Å²) in [6.45, 7) is 4.41. The third-order valence-electron chi connectivity index (χ3n) is 3.15. The molecule has 1 aliphatic rings. The zero-order valence-electron chi connectivity index (χ0n) is 9.61. The highest BCUT2D eigenvalue weighted by atomic mass is 15.1. The van der Waals surface area contributed by atoms with Crippen LogP contribution < -0.4 is 10.6 Å². The summed E-state index contributed by atoms with van der Waals surface area (Å²) in [5.41, 5.74) is 8.40. The fraction of sp³-hybridized carbons (Fsp3) is 0.462. The number of hydrogen-bond donors (Lipinski definition) is 1. The van der Waals surface area contributed by atoms with Crippen LogP contribution in [0, 0.1) is 17.2 Å². The van der Waals surface area contributed by atoms with E-state index >= 15 is 0 Å². The van der Waals surface area contributed by atoms with E-state index in [1.807, 2.05) is 12.1 Å². The highest BCUT2D eigenvalue weighted by molar-refractivity contribution is 5.69. The van der Waals surface area contributed by atoms with Gasteiger partial charge in [-0.3, -0.25) is 0 Å². The minimum Gasteiger partial charge on any atom is -0.397 e. The van der Waals surface area contributed by atoms with Gasteiger partial charge < -0.3 is 10.6 Å². The molecule has 1 atom stereocenters. The van der Waals surface area contributed by atoms with E-state index < -0.39 is 0 Å². The first-order valence-electron chi connectivity index (χ1n) is 5.75. The van der Waals surface area contributed by atoms with Crippen molar-refractivity contribution in [3.8, 4) is 6.07 Å². The topological polar surface area (TPSA) is 53.0 Å². The van der Waals surface area contributed by atoms with Gasteiger partial charge in [-0.25, -0.2) is 0 Å². The Bertz CT molecular complexity index is 420. The third-order valence-corrected chi connectivity index (χ3v) is 3.15. The van der Waals surface area contributed by atoms with Crippen LogP contribution >= 0.6 is 0 Å². The van der Waals surface area contributed by atoms with Gasteiger partial charge in [0, 0.05) is 13.1 Å². The number of nitriles is 1. The Morgan fingerprint density at radius 1 is 1.50 bits per heavy atom. The van der Waals surface area contributed by atoms with Crippen LogP contribution in [0.5, 0.6) is 0 Å². The van der Waals surface area contributed by atoms with Crippen molar-refractivity contribution in [2.45, 2.75) is 19.8 Å². The quantitative estimate of drug-likeness (QED) is 0.732. The molecule has 1 fully saturated rings. The van der Waals surface area contributed by atoms with Crippen molar-refractivity contribution in [2.24, 2.45) is 5.92 Å². The average Bonchev–Trinajstić information content (AvgIpc) is 2.28. The van der Waals surface area contributed by atoms with Gasteiger partial charge in [-0.05, 0) is 37.0 Å². The van der Waals surface area contributed by atoms with Gasteiger partial charge in [0.2, 0.25) is 0 Å². The number of anilines is 2. The first-order chi connectivity index (χ1) is 7.70. The van der Waals surface area contributed by atoms with Crippen LogP contribution in [0.15, 0.2) is 18.2 Å². The first-order valence-corrected chi connectivity index (χ1v) is 5.75. The molecule has 0 radical (unpaired) electrons. The maximum atomic E-state index is 8.79. The van der Waals surface area contributed by atoms with Crippen LogP contribution in [0.1, 0.15) is 25.3 Å². The summed E-state index contributed by atoms with van der Waals surface area (Å²) >= 11 is 0. The fourth-order valence-electron chi connectivity index (χ4n) is 2.32. The van der Waals surface area contributed by atoms with E-state index in [-0.39, 0.29) is 0 Å². The lowest BCUT2D eigenvalue weighted by Crippen LogP contribution is -2.34. The van der Waals surface area contributed by atoms with E-state index in [1.165, 1.54) is 12.8 Å². The van der Waals surface area contributed by atoms with Gasteiger partial charge in [0.05, 0.1) is 23.0 Å². The summed E-state index contributed by atoms with van der Waals surface area (Å²) in [6.07, 6.45) is 2.52. The van der Waals surface area contributed by atoms with Crippen molar-refractivity contribution < 1.29 is 0 Å². The van der Waals surface area contributed by atoms with Crippen molar-refractivity contribution in [2.75, 3.05) is 23.7 Å². The summed E-state index contributed by atoms with van der Waals surface area (Å²) in [7, 11) is 0. The zero-order chi connectivity index (χ0) is 11.5. The lowest BCUT2D eigenvalue weighted by atomic mass is 9.99. The minimum atomic E-state index is 0.631. The molecule has 0 bridgehead atoms. The number of nitrogens with zero attached hydrogens (tertiary/aromatic N) is 2. The lowest BCUT2D eigenvalue weighted by Gasteiger charge is -2.33. The van der Waals surface area contributed by atoms with E-state index in [1.54, 1.807) is 6.07 Å². The minimum absolute atomic E-state index is 0.631. The average molecular weight is 215 g/mol. The van der Waals surface area contributed by atoms with E-state index in [4.69, 9.17) is 11.0 Å². The van der Waals surface area contributed by atoms with Crippen LogP contribution in [0.3, 0.4) is 0 Å². The molecule has 16 heavy (non-hydrogen) atoms. The van der Waals surface area contributed by atoms with Crippen LogP contribution in [-0.2, 0) is 0 Å². The number of benzene rings is 1. The lowest BCUT2D eigenvalue weighted by molar-refractivity contribution is 0.447. The molecule has 1 aromatic carbocycles. The van der Waals surface area contributed by atoms with Crippen LogP contribution in [-0.4, -0.2) is 13.1 Å². The predicted molar refractivity (Wildman–Crippen MR) is 66.2 cm³/mol. The molecule has 1 aromatic rings. The molecule has 3 heteroatoms. The second-order valence-electron chi connectivity index (χ2n) is 4.58. The fourth-order valence-corrected chi connectivity index (χ4v) is 2.32. The van der Waals surface area contributed by atoms with Gasteiger partial charge in [0.1, 0.15) is 0 Å². The second-order valence-corrected chi connectivity index (χ2v) is 4.58. The highest BCUT2D eigenvalue weighted by Gasteiger charge is 2.18. The number of piperidine rings is 1. The van der Waals surface area contributed by atoms with Gasteiger partial charge in [-0.1, -0.05) is 6.92 Å². The molecule has 0 spiro atoms.